The summed E-state index contributed by atoms with van der Waals surface area (Å²) < 4.78 is 0. The zero-order valence-corrected chi connectivity index (χ0v) is 22.1. The van der Waals surface area contributed by atoms with Crippen molar-refractivity contribution in [1.82, 2.24) is 14.7 Å². The van der Waals surface area contributed by atoms with Crippen molar-refractivity contribution in [2.45, 2.75) is 141 Å². The Hall–Kier alpha value is -0.160. The van der Waals surface area contributed by atoms with Gasteiger partial charge in [-0.25, -0.2) is 0 Å². The lowest BCUT2D eigenvalue weighted by Crippen LogP contribution is -2.67. The van der Waals surface area contributed by atoms with E-state index < -0.39 is 0 Å². The van der Waals surface area contributed by atoms with Crippen LogP contribution in [-0.4, -0.2) is 76.1 Å². The number of likely N-dealkylation sites (tertiary alicyclic amines) is 2. The van der Waals surface area contributed by atoms with Crippen LogP contribution in [0.2, 0.25) is 0 Å². The molecule has 0 aromatic rings. The highest BCUT2D eigenvalue weighted by Gasteiger charge is 2.49. The van der Waals surface area contributed by atoms with E-state index in [2.05, 4.69) is 84.2 Å². The van der Waals surface area contributed by atoms with E-state index >= 15 is 0 Å². The summed E-state index contributed by atoms with van der Waals surface area (Å²) in [5.74, 6) is 0. The van der Waals surface area contributed by atoms with Crippen molar-refractivity contribution in [3.8, 4) is 0 Å². The summed E-state index contributed by atoms with van der Waals surface area (Å²) in [5, 5.41) is 0. The molecule has 0 amide bonds. The first-order valence-electron chi connectivity index (χ1n) is 12.6. The van der Waals surface area contributed by atoms with E-state index in [0.717, 1.165) is 6.54 Å². The number of hydrogen-bond acceptors (Lipinski definition) is 4. The smallest absolute Gasteiger partial charge is 0.0170 e. The van der Waals surface area contributed by atoms with Gasteiger partial charge in [-0.2, -0.15) is 0 Å². The van der Waals surface area contributed by atoms with Gasteiger partial charge in [0.15, 0.2) is 0 Å². The second-order valence-electron chi connectivity index (χ2n) is 12.9. The minimum atomic E-state index is 0.237. The lowest BCUT2D eigenvalue weighted by atomic mass is 9.73. The van der Waals surface area contributed by atoms with Crippen LogP contribution in [0.1, 0.15) is 107 Å². The number of hydrogen-bond donors (Lipinski definition) is 1. The second kappa shape index (κ2) is 9.37. The molecule has 0 bridgehead atoms. The molecule has 4 nitrogen and oxygen atoms in total. The average molecular weight is 423 g/mol. The van der Waals surface area contributed by atoms with Crippen LogP contribution >= 0.6 is 0 Å². The van der Waals surface area contributed by atoms with E-state index in [9.17, 15) is 0 Å². The van der Waals surface area contributed by atoms with E-state index in [4.69, 9.17) is 5.73 Å². The maximum atomic E-state index is 5.73. The molecule has 0 aromatic carbocycles. The Balaban J connectivity index is 2.26. The first-order chi connectivity index (χ1) is 13.6. The molecule has 0 radical (unpaired) electrons. The molecule has 0 atom stereocenters. The molecule has 2 rings (SSSR count). The van der Waals surface area contributed by atoms with E-state index in [1.807, 2.05) is 0 Å². The van der Waals surface area contributed by atoms with Crippen molar-refractivity contribution in [2.75, 3.05) is 27.2 Å². The van der Waals surface area contributed by atoms with Crippen molar-refractivity contribution < 1.29 is 0 Å². The van der Waals surface area contributed by atoms with Crippen molar-refractivity contribution in [2.24, 2.45) is 5.73 Å². The molecule has 30 heavy (non-hydrogen) atoms. The summed E-state index contributed by atoms with van der Waals surface area (Å²) in [6.07, 6.45) is 10.1. The van der Waals surface area contributed by atoms with Crippen molar-refractivity contribution in [3.63, 3.8) is 0 Å². The van der Waals surface area contributed by atoms with Gasteiger partial charge in [-0.3, -0.25) is 14.7 Å². The van der Waals surface area contributed by atoms with Crippen LogP contribution in [0.15, 0.2) is 0 Å². The zero-order chi connectivity index (χ0) is 23.0. The van der Waals surface area contributed by atoms with Crippen LogP contribution in [0.25, 0.3) is 0 Å². The maximum absolute atomic E-state index is 5.73. The molecule has 2 heterocycles. The fourth-order valence-corrected chi connectivity index (χ4v) is 6.56. The van der Waals surface area contributed by atoms with Gasteiger partial charge in [0, 0.05) is 34.2 Å². The van der Waals surface area contributed by atoms with Gasteiger partial charge in [-0.05, 0) is 121 Å². The SMILES string of the molecule is CN1C(C)(C)CC(N(CCCCCCN)C2CC(C)(C)N(C)C(C)(C)C2)CC1(C)C. The summed E-state index contributed by atoms with van der Waals surface area (Å²) in [4.78, 5) is 8.21. The third-order valence-electron chi connectivity index (χ3n) is 8.88. The first kappa shape index (κ1) is 26.1. The molecule has 0 saturated carbocycles. The van der Waals surface area contributed by atoms with Crippen molar-refractivity contribution in [3.05, 3.63) is 0 Å². The second-order valence-corrected chi connectivity index (χ2v) is 12.9. The van der Waals surface area contributed by atoms with Crippen LogP contribution in [0.5, 0.6) is 0 Å². The zero-order valence-electron chi connectivity index (χ0n) is 22.1. The molecular formula is C26H54N4. The van der Waals surface area contributed by atoms with Gasteiger partial charge in [0.05, 0.1) is 0 Å². The molecule has 0 aromatic heterocycles. The summed E-state index contributed by atoms with van der Waals surface area (Å²) in [5.41, 5.74) is 6.68. The van der Waals surface area contributed by atoms with Gasteiger partial charge >= 0.3 is 0 Å². The van der Waals surface area contributed by atoms with Crippen molar-refractivity contribution in [1.29, 1.82) is 0 Å². The monoisotopic (exact) mass is 422 g/mol. The maximum Gasteiger partial charge on any atom is 0.0170 e. The van der Waals surface area contributed by atoms with Gasteiger partial charge in [0.25, 0.3) is 0 Å². The minimum Gasteiger partial charge on any atom is -0.330 e. The molecular weight excluding hydrogens is 368 g/mol. The predicted octanol–water partition coefficient (Wildman–Crippen LogP) is 5.11. The van der Waals surface area contributed by atoms with Gasteiger partial charge in [-0.15, -0.1) is 0 Å². The van der Waals surface area contributed by atoms with Crippen LogP contribution in [0.4, 0.5) is 0 Å². The lowest BCUT2D eigenvalue weighted by molar-refractivity contribution is -0.0919. The molecule has 178 valence electrons. The quantitative estimate of drug-likeness (QED) is 0.551. The summed E-state index contributed by atoms with van der Waals surface area (Å²) in [6, 6.07) is 1.33. The van der Waals surface area contributed by atoms with Gasteiger partial charge in [-0.1, -0.05) is 12.8 Å². The molecule has 2 saturated heterocycles. The molecule has 2 fully saturated rings. The normalized spacial score (nSPS) is 27.6. The van der Waals surface area contributed by atoms with E-state index in [0.29, 0.717) is 12.1 Å². The van der Waals surface area contributed by atoms with Crippen LogP contribution in [0, 0.1) is 0 Å². The molecule has 2 N–H and O–H groups in total. The Labute approximate surface area is 188 Å². The highest BCUT2D eigenvalue weighted by molar-refractivity contribution is 5.06. The molecule has 4 heteroatoms. The summed E-state index contributed by atoms with van der Waals surface area (Å²) in [7, 11) is 4.66. The predicted molar refractivity (Wildman–Crippen MR) is 132 cm³/mol. The Bertz CT molecular complexity index is 473. The summed E-state index contributed by atoms with van der Waals surface area (Å²) in [6.45, 7) is 21.7. The molecule has 0 aliphatic carbocycles. The van der Waals surface area contributed by atoms with Crippen LogP contribution in [-0.2, 0) is 0 Å². The Morgan fingerprint density at radius 3 is 1.30 bits per heavy atom. The van der Waals surface area contributed by atoms with Gasteiger partial charge in [0.1, 0.15) is 0 Å². The fourth-order valence-electron chi connectivity index (χ4n) is 6.56. The third kappa shape index (κ3) is 5.79. The number of nitrogens with two attached hydrogens (primary N) is 1. The first-order valence-corrected chi connectivity index (χ1v) is 12.6. The molecule has 0 spiro atoms. The average Bonchev–Trinajstić information content (AvgIpc) is 2.59. The van der Waals surface area contributed by atoms with Gasteiger partial charge in [0.2, 0.25) is 0 Å². The summed E-state index contributed by atoms with van der Waals surface area (Å²) >= 11 is 0. The van der Waals surface area contributed by atoms with Crippen molar-refractivity contribution >= 4 is 0 Å². The van der Waals surface area contributed by atoms with E-state index in [-0.39, 0.29) is 22.2 Å². The number of rotatable bonds is 8. The minimum absolute atomic E-state index is 0.237. The Morgan fingerprint density at radius 2 is 0.967 bits per heavy atom. The number of unbranched alkanes of at least 4 members (excludes halogenated alkanes) is 3. The number of piperidine rings is 2. The highest BCUT2D eigenvalue weighted by atomic mass is 15.3. The Morgan fingerprint density at radius 1 is 0.633 bits per heavy atom. The third-order valence-corrected chi connectivity index (χ3v) is 8.88. The standard InChI is InChI=1S/C26H54N4/c1-23(2)17-21(18-24(3,4)28(23)9)30(16-14-12-11-13-15-27)22-19-25(5,6)29(10)26(7,8)20-22/h21-22H,11-20,27H2,1-10H3. The van der Waals surface area contributed by atoms with Crippen LogP contribution in [0.3, 0.4) is 0 Å². The number of nitrogens with zero attached hydrogens (tertiary/aromatic N) is 3. The Kier molecular flexibility index (Phi) is 8.15. The lowest BCUT2D eigenvalue weighted by Gasteiger charge is -2.60. The highest BCUT2D eigenvalue weighted by Crippen LogP contribution is 2.44. The largest absolute Gasteiger partial charge is 0.330 e. The fraction of sp³-hybridized carbons (Fsp3) is 1.00. The molecule has 2 aliphatic heterocycles. The van der Waals surface area contributed by atoms with Gasteiger partial charge < -0.3 is 5.73 Å². The topological polar surface area (TPSA) is 35.7 Å². The molecule has 0 unspecified atom stereocenters. The van der Waals surface area contributed by atoms with Crippen LogP contribution < -0.4 is 5.73 Å². The van der Waals surface area contributed by atoms with E-state index in [1.165, 1.54) is 57.9 Å². The van der Waals surface area contributed by atoms with E-state index in [1.54, 1.807) is 0 Å². The molecule has 2 aliphatic rings.